The standard InChI is InChI=1S/C18H27N3O3/c1-18(2,16(22)19-10-13-21-11-6-7-12-21)20-17(23)24-14-15-8-4-3-5-9-15/h3-5,8-9H,6-7,10-14H2,1-2H3,(H,19,22)(H,20,23). The summed E-state index contributed by atoms with van der Waals surface area (Å²) in [6.07, 6.45) is 1.86. The van der Waals surface area contributed by atoms with Crippen molar-refractivity contribution < 1.29 is 14.3 Å². The number of hydrogen-bond donors (Lipinski definition) is 2. The van der Waals surface area contributed by atoms with Crippen LogP contribution in [0.2, 0.25) is 0 Å². The van der Waals surface area contributed by atoms with E-state index < -0.39 is 11.6 Å². The number of likely N-dealkylation sites (tertiary alicyclic amines) is 1. The first-order valence-electron chi connectivity index (χ1n) is 8.47. The van der Waals surface area contributed by atoms with Gasteiger partial charge < -0.3 is 20.3 Å². The number of hydrogen-bond acceptors (Lipinski definition) is 4. The van der Waals surface area contributed by atoms with E-state index in [1.807, 2.05) is 30.3 Å². The van der Waals surface area contributed by atoms with Crippen molar-refractivity contribution in [1.29, 1.82) is 0 Å². The molecule has 0 radical (unpaired) electrons. The Labute approximate surface area is 143 Å². The molecule has 0 bridgehead atoms. The molecular formula is C18H27N3O3. The van der Waals surface area contributed by atoms with Gasteiger partial charge in [-0.1, -0.05) is 30.3 Å². The van der Waals surface area contributed by atoms with Crippen LogP contribution in [0, 0.1) is 0 Å². The summed E-state index contributed by atoms with van der Waals surface area (Å²) in [4.78, 5) is 26.5. The van der Waals surface area contributed by atoms with Crippen molar-refractivity contribution in [1.82, 2.24) is 15.5 Å². The van der Waals surface area contributed by atoms with Crippen LogP contribution >= 0.6 is 0 Å². The molecule has 24 heavy (non-hydrogen) atoms. The lowest BCUT2D eigenvalue weighted by atomic mass is 10.1. The quantitative estimate of drug-likeness (QED) is 0.799. The Bertz CT molecular complexity index is 540. The van der Waals surface area contributed by atoms with Gasteiger partial charge in [-0.15, -0.1) is 0 Å². The fourth-order valence-corrected chi connectivity index (χ4v) is 2.63. The largest absolute Gasteiger partial charge is 0.445 e. The lowest BCUT2D eigenvalue weighted by Crippen LogP contribution is -2.55. The highest BCUT2D eigenvalue weighted by molar-refractivity contribution is 5.89. The molecule has 132 valence electrons. The second-order valence-corrected chi connectivity index (χ2v) is 6.62. The number of nitrogens with one attached hydrogen (secondary N) is 2. The average molecular weight is 333 g/mol. The third kappa shape index (κ3) is 5.85. The van der Waals surface area contributed by atoms with Crippen molar-refractivity contribution in [3.8, 4) is 0 Å². The van der Waals surface area contributed by atoms with Crippen LogP contribution in [0.15, 0.2) is 30.3 Å². The van der Waals surface area contributed by atoms with Gasteiger partial charge in [0.1, 0.15) is 12.1 Å². The molecule has 1 aromatic carbocycles. The molecule has 2 N–H and O–H groups in total. The maximum absolute atomic E-state index is 12.2. The number of nitrogens with zero attached hydrogens (tertiary/aromatic N) is 1. The van der Waals surface area contributed by atoms with E-state index in [1.165, 1.54) is 12.8 Å². The van der Waals surface area contributed by atoms with E-state index in [2.05, 4.69) is 15.5 Å². The molecule has 2 rings (SSSR count). The summed E-state index contributed by atoms with van der Waals surface area (Å²) in [5, 5.41) is 5.50. The minimum atomic E-state index is -1.02. The van der Waals surface area contributed by atoms with Crippen molar-refractivity contribution in [3.05, 3.63) is 35.9 Å². The molecule has 1 aliphatic heterocycles. The average Bonchev–Trinajstić information content (AvgIpc) is 3.07. The summed E-state index contributed by atoms with van der Waals surface area (Å²) >= 11 is 0. The minimum absolute atomic E-state index is 0.180. The Kier molecular flexibility index (Phi) is 6.61. The number of benzene rings is 1. The number of alkyl carbamates (subject to hydrolysis) is 1. The predicted molar refractivity (Wildman–Crippen MR) is 92.5 cm³/mol. The van der Waals surface area contributed by atoms with Gasteiger partial charge in [-0.3, -0.25) is 4.79 Å². The molecule has 1 saturated heterocycles. The van der Waals surface area contributed by atoms with E-state index in [0.717, 1.165) is 25.2 Å². The molecule has 1 heterocycles. The van der Waals surface area contributed by atoms with Crippen LogP contribution < -0.4 is 10.6 Å². The smallest absolute Gasteiger partial charge is 0.408 e. The second-order valence-electron chi connectivity index (χ2n) is 6.62. The molecule has 1 aromatic rings. The molecule has 1 aliphatic rings. The van der Waals surface area contributed by atoms with Crippen LogP contribution in [0.3, 0.4) is 0 Å². The first-order valence-corrected chi connectivity index (χ1v) is 8.47. The number of rotatable bonds is 7. The minimum Gasteiger partial charge on any atom is -0.445 e. The monoisotopic (exact) mass is 333 g/mol. The van der Waals surface area contributed by atoms with Crippen LogP contribution in [-0.2, 0) is 16.1 Å². The zero-order valence-corrected chi connectivity index (χ0v) is 14.5. The Balaban J connectivity index is 1.70. The van der Waals surface area contributed by atoms with E-state index >= 15 is 0 Å². The van der Waals surface area contributed by atoms with Gasteiger partial charge in [0.15, 0.2) is 0 Å². The normalized spacial score (nSPS) is 15.1. The highest BCUT2D eigenvalue weighted by atomic mass is 16.5. The molecule has 6 heteroatoms. The van der Waals surface area contributed by atoms with Gasteiger partial charge in [-0.2, -0.15) is 0 Å². The van der Waals surface area contributed by atoms with Crippen LogP contribution in [0.1, 0.15) is 32.3 Å². The fourth-order valence-electron chi connectivity index (χ4n) is 2.63. The summed E-state index contributed by atoms with van der Waals surface area (Å²) in [7, 11) is 0. The van der Waals surface area contributed by atoms with Gasteiger partial charge in [0.2, 0.25) is 5.91 Å². The van der Waals surface area contributed by atoms with Gasteiger partial charge in [-0.25, -0.2) is 4.79 Å². The molecule has 0 aliphatic carbocycles. The zero-order valence-electron chi connectivity index (χ0n) is 14.5. The van der Waals surface area contributed by atoms with Gasteiger partial charge >= 0.3 is 6.09 Å². The van der Waals surface area contributed by atoms with Crippen molar-refractivity contribution in [3.63, 3.8) is 0 Å². The molecule has 0 atom stereocenters. The summed E-state index contributed by atoms with van der Waals surface area (Å²) in [5.74, 6) is -0.210. The van der Waals surface area contributed by atoms with Gasteiger partial charge in [-0.05, 0) is 45.3 Å². The summed E-state index contributed by atoms with van der Waals surface area (Å²) in [6, 6.07) is 9.43. The van der Waals surface area contributed by atoms with Crippen molar-refractivity contribution in [2.24, 2.45) is 0 Å². The van der Waals surface area contributed by atoms with E-state index in [9.17, 15) is 9.59 Å². The Morgan fingerprint density at radius 3 is 2.50 bits per heavy atom. The van der Waals surface area contributed by atoms with Crippen LogP contribution in [0.5, 0.6) is 0 Å². The van der Waals surface area contributed by atoms with E-state index in [1.54, 1.807) is 13.8 Å². The molecule has 2 amide bonds. The molecule has 1 fully saturated rings. The van der Waals surface area contributed by atoms with Crippen molar-refractivity contribution in [2.45, 2.75) is 38.8 Å². The highest BCUT2D eigenvalue weighted by Gasteiger charge is 2.30. The second kappa shape index (κ2) is 8.68. The Hall–Kier alpha value is -2.08. The fraction of sp³-hybridized carbons (Fsp3) is 0.556. The Morgan fingerprint density at radius 1 is 1.17 bits per heavy atom. The summed E-state index contributed by atoms with van der Waals surface area (Å²) in [5.41, 5.74) is -0.112. The summed E-state index contributed by atoms with van der Waals surface area (Å²) < 4.78 is 5.16. The zero-order chi connectivity index (χ0) is 17.4. The van der Waals surface area contributed by atoms with E-state index in [4.69, 9.17) is 4.74 Å². The molecule has 6 nitrogen and oxygen atoms in total. The van der Waals surface area contributed by atoms with Crippen molar-refractivity contribution in [2.75, 3.05) is 26.2 Å². The SMILES string of the molecule is CC(C)(NC(=O)OCc1ccccc1)C(=O)NCCN1CCCC1. The third-order valence-electron chi connectivity index (χ3n) is 4.11. The van der Waals surface area contributed by atoms with Gasteiger partial charge in [0, 0.05) is 13.1 Å². The molecule has 0 saturated carbocycles. The number of amides is 2. The van der Waals surface area contributed by atoms with E-state index in [-0.39, 0.29) is 12.5 Å². The lowest BCUT2D eigenvalue weighted by Gasteiger charge is -2.25. The maximum Gasteiger partial charge on any atom is 0.408 e. The van der Waals surface area contributed by atoms with Crippen LogP contribution in [0.25, 0.3) is 0 Å². The number of carbonyl (C=O) groups is 2. The highest BCUT2D eigenvalue weighted by Crippen LogP contribution is 2.07. The molecule has 0 aromatic heterocycles. The van der Waals surface area contributed by atoms with Crippen molar-refractivity contribution >= 4 is 12.0 Å². The molecular weight excluding hydrogens is 306 g/mol. The van der Waals surface area contributed by atoms with E-state index in [0.29, 0.717) is 6.54 Å². The van der Waals surface area contributed by atoms with Crippen LogP contribution in [-0.4, -0.2) is 48.6 Å². The van der Waals surface area contributed by atoms with Gasteiger partial charge in [0.05, 0.1) is 0 Å². The van der Waals surface area contributed by atoms with Crippen LogP contribution in [0.4, 0.5) is 4.79 Å². The topological polar surface area (TPSA) is 70.7 Å². The lowest BCUT2D eigenvalue weighted by molar-refractivity contribution is -0.126. The third-order valence-corrected chi connectivity index (χ3v) is 4.11. The predicted octanol–water partition coefficient (Wildman–Crippen LogP) is 1.90. The molecule has 0 unspecified atom stereocenters. The number of carbonyl (C=O) groups excluding carboxylic acids is 2. The first kappa shape index (κ1) is 18.3. The summed E-state index contributed by atoms with van der Waals surface area (Å²) in [6.45, 7) is 7.15. The Morgan fingerprint density at radius 2 is 1.83 bits per heavy atom. The number of ether oxygens (including phenoxy) is 1. The maximum atomic E-state index is 12.2. The molecule has 0 spiro atoms. The first-order chi connectivity index (χ1) is 11.5. The van der Waals surface area contributed by atoms with Gasteiger partial charge in [0.25, 0.3) is 0 Å².